The first kappa shape index (κ1) is 35.9. The Labute approximate surface area is 338 Å². The second-order valence-electron chi connectivity index (χ2n) is 14.5. The van der Waals surface area contributed by atoms with Crippen LogP contribution in [0.5, 0.6) is 0 Å². The van der Waals surface area contributed by atoms with Crippen molar-refractivity contribution in [3.05, 3.63) is 261 Å². The summed E-state index contributed by atoms with van der Waals surface area (Å²) in [6, 6.07) is 96.4. The Morgan fingerprint density at radius 1 is 0.175 bits per heavy atom. The Morgan fingerprint density at radius 3 is 0.579 bits per heavy atom. The predicted molar refractivity (Wildman–Crippen MR) is 248 cm³/mol. The number of rotatable bonds is 11. The van der Waals surface area contributed by atoms with Crippen LogP contribution in [-0.2, 0) is 0 Å². The highest BCUT2D eigenvalue weighted by Gasteiger charge is 2.42. The average molecular weight is 762 g/mol. The van der Waals surface area contributed by atoms with Gasteiger partial charge in [-0.05, 0) is 77.9 Å². The van der Waals surface area contributed by atoms with Gasteiger partial charge in [0.1, 0.15) is 0 Å². The van der Waals surface area contributed by atoms with Crippen LogP contribution in [0, 0.1) is 0 Å². The first-order valence-electron chi connectivity index (χ1n) is 19.7. The van der Waals surface area contributed by atoms with E-state index in [1.807, 2.05) is 0 Å². The van der Waals surface area contributed by atoms with Gasteiger partial charge in [-0.15, -0.1) is 0 Å². The molecule has 272 valence electrons. The molecule has 9 aromatic rings. The molecule has 0 aliphatic rings. The topological polar surface area (TPSA) is 3.24 Å². The molecular weight excluding hydrogens is 719 g/mol. The molecule has 0 unspecified atom stereocenters. The molecule has 0 spiro atoms. The Kier molecular flexibility index (Phi) is 10.2. The minimum Gasteiger partial charge on any atom is -0.311 e. The van der Waals surface area contributed by atoms with Gasteiger partial charge in [-0.3, -0.25) is 0 Å². The fourth-order valence-electron chi connectivity index (χ4n) is 8.87. The summed E-state index contributed by atoms with van der Waals surface area (Å²) in [4.78, 5) is 2.39. The van der Waals surface area contributed by atoms with Crippen LogP contribution in [0.25, 0.3) is 0 Å². The van der Waals surface area contributed by atoms with Crippen LogP contribution in [0.15, 0.2) is 261 Å². The quantitative estimate of drug-likeness (QED) is 0.0958. The predicted octanol–water partition coefficient (Wildman–Crippen LogP) is 7.91. The minimum absolute atomic E-state index is 1.12. The van der Waals surface area contributed by atoms with Crippen molar-refractivity contribution in [2.24, 2.45) is 0 Å². The molecule has 9 aromatic carbocycles. The van der Waals surface area contributed by atoms with Gasteiger partial charge in [0.25, 0.3) is 0 Å². The molecule has 0 amide bonds. The van der Waals surface area contributed by atoms with Crippen LogP contribution >= 0.6 is 0 Å². The zero-order chi connectivity index (χ0) is 38.3. The van der Waals surface area contributed by atoms with Crippen molar-refractivity contribution in [2.45, 2.75) is 0 Å². The van der Waals surface area contributed by atoms with E-state index in [2.05, 4.69) is 266 Å². The molecule has 0 saturated heterocycles. The molecule has 0 N–H and O–H groups in total. The van der Waals surface area contributed by atoms with Gasteiger partial charge in [-0.2, -0.15) is 0 Å². The lowest BCUT2D eigenvalue weighted by molar-refractivity contribution is 1.29. The molecule has 0 bridgehead atoms. The molecule has 57 heavy (non-hydrogen) atoms. The van der Waals surface area contributed by atoms with Gasteiger partial charge in [0, 0.05) is 17.1 Å². The number of benzene rings is 9. The highest BCUT2D eigenvalue weighted by Crippen LogP contribution is 2.34. The van der Waals surface area contributed by atoms with E-state index in [-0.39, 0.29) is 0 Å². The normalized spacial score (nSPS) is 11.5. The summed E-state index contributed by atoms with van der Waals surface area (Å²) < 4.78 is 0. The van der Waals surface area contributed by atoms with E-state index in [0.717, 1.165) is 17.1 Å². The molecule has 3 heteroatoms. The standard InChI is InChI=1S/C54H43NSi2/c1-8-22-44(23-9-1)55(45-36-40-53(41-37-45)56(47-24-10-2-11-25-47,48-26-12-3-13-27-48)49-28-14-4-15-29-49)46-38-42-54(43-39-46)57(50-30-16-5-17-31-50,51-32-18-6-19-33-51)52-34-20-7-21-35-52/h1-43H. The Morgan fingerprint density at radius 2 is 0.351 bits per heavy atom. The lowest BCUT2D eigenvalue weighted by atomic mass is 10.2. The largest absolute Gasteiger partial charge is 0.311 e. The van der Waals surface area contributed by atoms with E-state index in [0.29, 0.717) is 0 Å². The Balaban J connectivity index is 1.20. The van der Waals surface area contributed by atoms with Gasteiger partial charge >= 0.3 is 0 Å². The van der Waals surface area contributed by atoms with Gasteiger partial charge in [0.15, 0.2) is 16.1 Å². The molecule has 0 radical (unpaired) electrons. The molecule has 9 rings (SSSR count). The van der Waals surface area contributed by atoms with Gasteiger partial charge in [0.05, 0.1) is 0 Å². The summed E-state index contributed by atoms with van der Waals surface area (Å²) in [5.41, 5.74) is 3.35. The lowest BCUT2D eigenvalue weighted by Gasteiger charge is -2.35. The molecule has 0 saturated carbocycles. The zero-order valence-corrected chi connectivity index (χ0v) is 33.8. The number of anilines is 3. The van der Waals surface area contributed by atoms with Crippen molar-refractivity contribution in [1.82, 2.24) is 0 Å². The number of hydrogen-bond donors (Lipinski definition) is 0. The van der Waals surface area contributed by atoms with E-state index >= 15 is 0 Å². The Hall–Kier alpha value is -6.79. The molecular formula is C54H43NSi2. The molecule has 0 heterocycles. The zero-order valence-electron chi connectivity index (χ0n) is 31.8. The molecule has 0 aliphatic heterocycles. The third-order valence-corrected chi connectivity index (χ3v) is 21.0. The van der Waals surface area contributed by atoms with E-state index in [1.165, 1.54) is 41.5 Å². The third-order valence-electron chi connectivity index (χ3n) is 11.4. The first-order valence-corrected chi connectivity index (χ1v) is 23.7. The smallest absolute Gasteiger partial charge is 0.179 e. The summed E-state index contributed by atoms with van der Waals surface area (Å²) in [7, 11) is -5.31. The van der Waals surface area contributed by atoms with Crippen LogP contribution in [0.3, 0.4) is 0 Å². The van der Waals surface area contributed by atoms with Crippen LogP contribution in [-0.4, -0.2) is 16.1 Å². The van der Waals surface area contributed by atoms with Crippen molar-refractivity contribution < 1.29 is 0 Å². The molecule has 0 aliphatic carbocycles. The average Bonchev–Trinajstić information content (AvgIpc) is 3.31. The number of para-hydroxylation sites is 1. The number of hydrogen-bond acceptors (Lipinski definition) is 1. The van der Waals surface area contributed by atoms with E-state index in [1.54, 1.807) is 0 Å². The lowest BCUT2D eigenvalue weighted by Crippen LogP contribution is -2.74. The van der Waals surface area contributed by atoms with Crippen molar-refractivity contribution >= 4 is 74.7 Å². The third kappa shape index (κ3) is 6.57. The van der Waals surface area contributed by atoms with Gasteiger partial charge in [-0.1, -0.05) is 224 Å². The summed E-state index contributed by atoms with van der Waals surface area (Å²) in [6.45, 7) is 0. The van der Waals surface area contributed by atoms with Crippen molar-refractivity contribution in [2.75, 3.05) is 4.90 Å². The van der Waals surface area contributed by atoms with Gasteiger partial charge in [0.2, 0.25) is 0 Å². The maximum absolute atomic E-state index is 2.66. The van der Waals surface area contributed by atoms with E-state index in [9.17, 15) is 0 Å². The summed E-state index contributed by atoms with van der Waals surface area (Å²) in [6.07, 6.45) is 0. The molecule has 0 fully saturated rings. The number of nitrogens with zero attached hydrogens (tertiary/aromatic N) is 1. The molecule has 0 aromatic heterocycles. The van der Waals surface area contributed by atoms with Crippen molar-refractivity contribution in [1.29, 1.82) is 0 Å². The van der Waals surface area contributed by atoms with E-state index < -0.39 is 16.1 Å². The van der Waals surface area contributed by atoms with Crippen LogP contribution in [0.4, 0.5) is 17.1 Å². The van der Waals surface area contributed by atoms with Crippen molar-refractivity contribution in [3.8, 4) is 0 Å². The monoisotopic (exact) mass is 761 g/mol. The minimum atomic E-state index is -2.66. The van der Waals surface area contributed by atoms with Gasteiger partial charge in [-0.25, -0.2) is 0 Å². The summed E-state index contributed by atoms with van der Waals surface area (Å²) in [5.74, 6) is 0. The summed E-state index contributed by atoms with van der Waals surface area (Å²) in [5, 5.41) is 10.9. The molecule has 1 nitrogen and oxygen atoms in total. The van der Waals surface area contributed by atoms with E-state index in [4.69, 9.17) is 0 Å². The fourth-order valence-corrected chi connectivity index (χ4v) is 18.4. The fraction of sp³-hybridized carbons (Fsp3) is 0. The van der Waals surface area contributed by atoms with Gasteiger partial charge < -0.3 is 4.90 Å². The maximum Gasteiger partial charge on any atom is 0.179 e. The highest BCUT2D eigenvalue weighted by atomic mass is 28.3. The Bertz CT molecular complexity index is 2260. The van der Waals surface area contributed by atoms with Crippen LogP contribution in [0.1, 0.15) is 0 Å². The molecule has 0 atom stereocenters. The maximum atomic E-state index is 2.39. The van der Waals surface area contributed by atoms with Crippen LogP contribution < -0.4 is 46.4 Å². The summed E-state index contributed by atoms with van der Waals surface area (Å²) >= 11 is 0. The highest BCUT2D eigenvalue weighted by molar-refractivity contribution is 7.20. The first-order chi connectivity index (χ1) is 28.3. The second kappa shape index (κ2) is 16.1. The van der Waals surface area contributed by atoms with Crippen LogP contribution in [0.2, 0.25) is 0 Å². The SMILES string of the molecule is c1ccc(N(c2ccc([Si](c3ccccc3)(c3ccccc3)c3ccccc3)cc2)c2ccc([Si](c3ccccc3)(c3ccccc3)c3ccccc3)cc2)cc1. The van der Waals surface area contributed by atoms with Crippen molar-refractivity contribution in [3.63, 3.8) is 0 Å². The second-order valence-corrected chi connectivity index (χ2v) is 22.1.